The van der Waals surface area contributed by atoms with Crippen LogP contribution in [-0.4, -0.2) is 37.1 Å². The van der Waals surface area contributed by atoms with Gasteiger partial charge in [0.2, 0.25) is 5.91 Å². The van der Waals surface area contributed by atoms with Gasteiger partial charge in [-0.3, -0.25) is 4.79 Å². The van der Waals surface area contributed by atoms with Crippen LogP contribution >= 0.6 is 11.6 Å². The number of piperidine rings is 1. The topological polar surface area (TPSA) is 59.8 Å². The van der Waals surface area contributed by atoms with Crippen LogP contribution in [0.2, 0.25) is 5.02 Å². The van der Waals surface area contributed by atoms with Crippen molar-refractivity contribution in [3.05, 3.63) is 29.3 Å². The number of esters is 1. The minimum atomic E-state index is -0.391. The predicted molar refractivity (Wildman–Crippen MR) is 82.9 cm³/mol. The zero-order valence-electron chi connectivity index (χ0n) is 12.3. The number of carbonyl (C=O) groups excluding carboxylic acids is 2. The van der Waals surface area contributed by atoms with Crippen molar-refractivity contribution in [1.29, 1.82) is 0 Å². The van der Waals surface area contributed by atoms with Crippen molar-refractivity contribution in [1.82, 2.24) is 0 Å². The highest BCUT2D eigenvalue weighted by molar-refractivity contribution is 6.30. The lowest BCUT2D eigenvalue weighted by atomic mass is 9.97. The Bertz CT molecular complexity index is 578. The summed E-state index contributed by atoms with van der Waals surface area (Å²) < 4.78 is 5.27. The normalized spacial score (nSPS) is 27.7. The number of quaternary nitrogens is 1. The molecule has 0 aromatic heterocycles. The Morgan fingerprint density at radius 1 is 1.41 bits per heavy atom. The number of halogens is 1. The number of amides is 1. The number of ether oxygens (including phenoxy) is 1. The predicted octanol–water partition coefficient (Wildman–Crippen LogP) is 1.03. The van der Waals surface area contributed by atoms with Gasteiger partial charge in [-0.15, -0.1) is 0 Å². The van der Waals surface area contributed by atoms with E-state index in [0.717, 1.165) is 19.4 Å². The number of cyclic esters (lactones) is 1. The Labute approximate surface area is 134 Å². The monoisotopic (exact) mass is 323 g/mol. The van der Waals surface area contributed by atoms with Crippen LogP contribution in [-0.2, 0) is 14.3 Å². The quantitative estimate of drug-likeness (QED) is 0.817. The van der Waals surface area contributed by atoms with Crippen molar-refractivity contribution in [3.63, 3.8) is 0 Å². The molecule has 0 saturated carbocycles. The third-order valence-electron chi connectivity index (χ3n) is 4.45. The molecule has 0 bridgehead atoms. The molecule has 1 amide bonds. The van der Waals surface area contributed by atoms with Crippen molar-refractivity contribution in [2.45, 2.75) is 37.8 Å². The molecule has 3 atom stereocenters. The molecule has 2 saturated heterocycles. The van der Waals surface area contributed by atoms with Crippen LogP contribution in [0.25, 0.3) is 0 Å². The molecule has 0 radical (unpaired) electrons. The molecular formula is C16H20ClN2O3+. The van der Waals surface area contributed by atoms with E-state index in [4.69, 9.17) is 16.3 Å². The largest absolute Gasteiger partial charge is 0.455 e. The highest BCUT2D eigenvalue weighted by Gasteiger charge is 2.43. The summed E-state index contributed by atoms with van der Waals surface area (Å²) in [5.74, 6) is -0.433. The summed E-state index contributed by atoms with van der Waals surface area (Å²) >= 11 is 5.90. The second-order valence-corrected chi connectivity index (χ2v) is 6.40. The molecule has 3 rings (SSSR count). The van der Waals surface area contributed by atoms with Crippen LogP contribution < -0.4 is 10.2 Å². The Balaban J connectivity index is 1.65. The van der Waals surface area contributed by atoms with Gasteiger partial charge in [-0.05, 0) is 31.0 Å². The summed E-state index contributed by atoms with van der Waals surface area (Å²) in [4.78, 5) is 25.5. The fourth-order valence-corrected chi connectivity index (χ4v) is 3.56. The summed E-state index contributed by atoms with van der Waals surface area (Å²) in [6.45, 7) is 1.43. The standard InChI is InChI=1S/C16H19ClN2O3/c17-11-4-3-5-12(8-11)18-15(20)9-14-16(21)22-10-13-6-1-2-7-19(13)14/h3-5,8,13-14H,1-2,6-7,9-10H2,(H,18,20)/p+1/t13-,14-/m0/s1. The number of fused-ring (bicyclic) bond motifs is 1. The van der Waals surface area contributed by atoms with Gasteiger partial charge in [0.15, 0.2) is 6.04 Å². The van der Waals surface area contributed by atoms with Gasteiger partial charge >= 0.3 is 5.97 Å². The Morgan fingerprint density at radius 3 is 3.09 bits per heavy atom. The molecule has 6 heteroatoms. The smallest absolute Gasteiger partial charge is 0.365 e. The third kappa shape index (κ3) is 3.42. The number of rotatable bonds is 3. The third-order valence-corrected chi connectivity index (χ3v) is 4.68. The Kier molecular flexibility index (Phi) is 4.64. The van der Waals surface area contributed by atoms with E-state index >= 15 is 0 Å². The molecule has 1 unspecified atom stereocenters. The first-order valence-electron chi connectivity index (χ1n) is 7.71. The fraction of sp³-hybridized carbons (Fsp3) is 0.500. The average molecular weight is 324 g/mol. The molecule has 2 aliphatic rings. The lowest BCUT2D eigenvalue weighted by Crippen LogP contribution is -3.22. The first kappa shape index (κ1) is 15.3. The van der Waals surface area contributed by atoms with Gasteiger partial charge in [-0.1, -0.05) is 17.7 Å². The molecule has 0 aliphatic carbocycles. The van der Waals surface area contributed by atoms with Crippen molar-refractivity contribution in [2.24, 2.45) is 0 Å². The lowest BCUT2D eigenvalue weighted by Gasteiger charge is -2.40. The molecule has 2 N–H and O–H groups in total. The van der Waals surface area contributed by atoms with Crippen molar-refractivity contribution in [3.8, 4) is 0 Å². The molecular weight excluding hydrogens is 304 g/mol. The maximum atomic E-state index is 12.2. The van der Waals surface area contributed by atoms with E-state index in [2.05, 4.69) is 5.32 Å². The molecule has 22 heavy (non-hydrogen) atoms. The molecule has 5 nitrogen and oxygen atoms in total. The first-order chi connectivity index (χ1) is 10.6. The van der Waals surface area contributed by atoms with E-state index in [9.17, 15) is 9.59 Å². The van der Waals surface area contributed by atoms with E-state index < -0.39 is 6.04 Å². The van der Waals surface area contributed by atoms with Crippen LogP contribution in [0.3, 0.4) is 0 Å². The summed E-state index contributed by atoms with van der Waals surface area (Å²) in [7, 11) is 0. The number of nitrogens with one attached hydrogen (secondary N) is 2. The number of carbonyl (C=O) groups is 2. The van der Waals surface area contributed by atoms with Crippen LogP contribution in [0.4, 0.5) is 5.69 Å². The maximum absolute atomic E-state index is 12.2. The average Bonchev–Trinajstić information content (AvgIpc) is 2.50. The zero-order valence-corrected chi connectivity index (χ0v) is 13.1. The molecule has 1 aromatic rings. The van der Waals surface area contributed by atoms with E-state index in [1.165, 1.54) is 11.3 Å². The second-order valence-electron chi connectivity index (χ2n) is 5.96. The van der Waals surface area contributed by atoms with Gasteiger partial charge in [-0.25, -0.2) is 4.79 Å². The van der Waals surface area contributed by atoms with Gasteiger partial charge in [0.05, 0.1) is 13.0 Å². The van der Waals surface area contributed by atoms with E-state index in [1.54, 1.807) is 24.3 Å². The van der Waals surface area contributed by atoms with Crippen molar-refractivity contribution in [2.75, 3.05) is 18.5 Å². The van der Waals surface area contributed by atoms with Gasteiger partial charge in [0.25, 0.3) is 0 Å². The van der Waals surface area contributed by atoms with Crippen molar-refractivity contribution >= 4 is 29.2 Å². The number of morpholine rings is 1. The maximum Gasteiger partial charge on any atom is 0.365 e. The zero-order chi connectivity index (χ0) is 15.5. The summed E-state index contributed by atoms with van der Waals surface area (Å²) in [5.41, 5.74) is 0.645. The van der Waals surface area contributed by atoms with Crippen LogP contribution in [0, 0.1) is 0 Å². The number of anilines is 1. The van der Waals surface area contributed by atoms with Crippen molar-refractivity contribution < 1.29 is 19.2 Å². The van der Waals surface area contributed by atoms with Crippen LogP contribution in [0.15, 0.2) is 24.3 Å². The van der Waals surface area contributed by atoms with Gasteiger partial charge in [0, 0.05) is 17.1 Å². The van der Waals surface area contributed by atoms with E-state index in [1.807, 2.05) is 0 Å². The van der Waals surface area contributed by atoms with Gasteiger partial charge < -0.3 is 15.0 Å². The van der Waals surface area contributed by atoms with Gasteiger partial charge in [-0.2, -0.15) is 0 Å². The number of hydrogen-bond acceptors (Lipinski definition) is 3. The molecule has 0 spiro atoms. The summed E-state index contributed by atoms with van der Waals surface area (Å²) in [6.07, 6.45) is 3.49. The minimum absolute atomic E-state index is 0.150. The van der Waals surface area contributed by atoms with Crippen LogP contribution in [0.5, 0.6) is 0 Å². The molecule has 118 valence electrons. The summed E-state index contributed by atoms with van der Waals surface area (Å²) in [5, 5.41) is 3.37. The Hall–Kier alpha value is -1.59. The highest BCUT2D eigenvalue weighted by atomic mass is 35.5. The SMILES string of the molecule is O=C(C[C@H]1C(=O)OC[C@@H]2CCCC[NH+]21)Nc1cccc(Cl)c1. The van der Waals surface area contributed by atoms with E-state index in [-0.39, 0.29) is 18.3 Å². The summed E-state index contributed by atoms with van der Waals surface area (Å²) in [6, 6.07) is 6.94. The van der Waals surface area contributed by atoms with Gasteiger partial charge in [0.1, 0.15) is 12.6 Å². The molecule has 2 aliphatic heterocycles. The minimum Gasteiger partial charge on any atom is -0.455 e. The number of hydrogen-bond donors (Lipinski definition) is 2. The fourth-order valence-electron chi connectivity index (χ4n) is 3.37. The molecule has 2 heterocycles. The van der Waals surface area contributed by atoms with E-state index in [0.29, 0.717) is 23.4 Å². The van der Waals surface area contributed by atoms with Crippen LogP contribution in [0.1, 0.15) is 25.7 Å². The highest BCUT2D eigenvalue weighted by Crippen LogP contribution is 2.16. The lowest BCUT2D eigenvalue weighted by molar-refractivity contribution is -0.951. The second kappa shape index (κ2) is 6.67. The Morgan fingerprint density at radius 2 is 2.27 bits per heavy atom. The molecule has 2 fully saturated rings. The molecule has 1 aromatic carbocycles. The first-order valence-corrected chi connectivity index (χ1v) is 8.09. The number of benzene rings is 1.